The normalized spacial score (nSPS) is 4.00. The zero-order valence-corrected chi connectivity index (χ0v) is 7.49. The fraction of sp³-hybridized carbons (Fsp3) is 0.333. The number of carbonyl (C=O) groups is 1. The average molecular weight is 140 g/mol. The molecule has 0 aromatic rings. The summed E-state index contributed by atoms with van der Waals surface area (Å²) in [6, 6.07) is 0. The van der Waals surface area contributed by atoms with Gasteiger partial charge in [0.05, 0.1) is 0 Å². The van der Waals surface area contributed by atoms with Crippen molar-refractivity contribution in [2.24, 2.45) is 0 Å². The molecule has 0 fully saturated rings. The number of hydrogen-bond acceptors (Lipinski definition) is 4. The van der Waals surface area contributed by atoms with Crippen LogP contribution < -0.4 is 34.7 Å². The van der Waals surface area contributed by atoms with E-state index in [-0.39, 0.29) is 29.6 Å². The molecule has 0 aliphatic rings. The minimum absolute atomic E-state index is 0. The molecule has 3 nitrogen and oxygen atoms in total. The molecule has 0 saturated carbocycles. The molecule has 0 bridgehead atoms. The van der Waals surface area contributed by atoms with E-state index in [1.165, 1.54) is 5.40 Å². The number of nitrogens with zero attached hydrogens (tertiary/aromatic N) is 1. The van der Waals surface area contributed by atoms with Gasteiger partial charge < -0.3 is 22.5 Å². The first kappa shape index (κ1) is 15.7. The molecule has 5 heteroatoms. The molecule has 0 rings (SSSR count). The van der Waals surface area contributed by atoms with Gasteiger partial charge in [0.1, 0.15) is 0 Å². The van der Waals surface area contributed by atoms with Crippen LogP contribution in [-0.4, -0.2) is 5.97 Å². The van der Waals surface area contributed by atoms with E-state index >= 15 is 0 Å². The van der Waals surface area contributed by atoms with Crippen LogP contribution >= 0.6 is 0 Å². The van der Waals surface area contributed by atoms with Crippen LogP contribution in [0.1, 0.15) is 6.92 Å². The second kappa shape index (κ2) is 15.7. The SMILES string of the molecule is CC(=O)[O-].N#C[S-].[Na+]. The van der Waals surface area contributed by atoms with E-state index < -0.39 is 5.97 Å². The third kappa shape index (κ3) is 5120. The summed E-state index contributed by atoms with van der Waals surface area (Å²) in [7, 11) is 0. The first-order valence-electron chi connectivity index (χ1n) is 1.34. The summed E-state index contributed by atoms with van der Waals surface area (Å²) in [5, 5.41) is 17.4. The molecule has 0 unspecified atom stereocenters. The van der Waals surface area contributed by atoms with E-state index in [1.54, 1.807) is 0 Å². The van der Waals surface area contributed by atoms with Crippen molar-refractivity contribution in [1.29, 1.82) is 5.26 Å². The molecule has 0 spiro atoms. The number of carboxylic acids is 1. The van der Waals surface area contributed by atoms with Gasteiger partial charge in [0.2, 0.25) is 0 Å². The molecule has 0 amide bonds. The quantitative estimate of drug-likeness (QED) is 0.194. The van der Waals surface area contributed by atoms with Crippen LogP contribution in [0.3, 0.4) is 0 Å². The van der Waals surface area contributed by atoms with E-state index in [0.29, 0.717) is 0 Å². The van der Waals surface area contributed by atoms with Gasteiger partial charge in [-0.25, -0.2) is 5.26 Å². The smallest absolute Gasteiger partial charge is 0.696 e. The standard InChI is InChI=1S/C2H4O2.CHNS.Na/c1-2(3)4;2-1-3;/h1H3,(H,3,4);3H;/q;;+1/p-2. The molecule has 0 aromatic carbocycles. The second-order valence-corrected chi connectivity index (χ2v) is 0.765. The Morgan fingerprint density at radius 2 is 1.88 bits per heavy atom. The van der Waals surface area contributed by atoms with Crippen LogP contribution in [0, 0.1) is 10.7 Å². The van der Waals surface area contributed by atoms with Crippen LogP contribution in [0.15, 0.2) is 0 Å². The van der Waals surface area contributed by atoms with Crippen LogP contribution in [0.2, 0.25) is 0 Å². The summed E-state index contributed by atoms with van der Waals surface area (Å²) in [4.78, 5) is 8.89. The molecule has 0 heterocycles. The fourth-order valence-corrected chi connectivity index (χ4v) is 0. The zero-order valence-electron chi connectivity index (χ0n) is 4.67. The Labute approximate surface area is 75.4 Å². The van der Waals surface area contributed by atoms with Crippen LogP contribution in [0.4, 0.5) is 0 Å². The Hall–Kier alpha value is 0.180. The summed E-state index contributed by atoms with van der Waals surface area (Å²) in [6.45, 7) is 0.972. The van der Waals surface area contributed by atoms with Gasteiger partial charge in [-0.3, -0.25) is 0 Å². The van der Waals surface area contributed by atoms with Crippen LogP contribution in [-0.2, 0) is 17.4 Å². The molecule has 0 atom stereocenters. The van der Waals surface area contributed by atoms with E-state index in [4.69, 9.17) is 15.2 Å². The fourth-order valence-electron chi connectivity index (χ4n) is 0. The Bertz CT molecular complexity index is 85.8. The van der Waals surface area contributed by atoms with Crippen molar-refractivity contribution in [3.63, 3.8) is 0 Å². The summed E-state index contributed by atoms with van der Waals surface area (Å²) in [5.41, 5.74) is 0. The minimum Gasteiger partial charge on any atom is -0.696 e. The monoisotopic (exact) mass is 140 g/mol. The van der Waals surface area contributed by atoms with E-state index in [1.807, 2.05) is 0 Å². The maximum absolute atomic E-state index is 8.89. The maximum atomic E-state index is 8.89. The average Bonchev–Trinajstić information content (AvgIpc) is 1.33. The van der Waals surface area contributed by atoms with Gasteiger partial charge in [-0.05, 0) is 6.92 Å². The van der Waals surface area contributed by atoms with Gasteiger partial charge in [-0.1, -0.05) is 5.40 Å². The van der Waals surface area contributed by atoms with Gasteiger partial charge in [-0.15, -0.1) is 0 Å². The van der Waals surface area contributed by atoms with Gasteiger partial charge in [0.25, 0.3) is 0 Å². The molecular formula is C3H3NNaO2S-. The van der Waals surface area contributed by atoms with Gasteiger partial charge in [0, 0.05) is 5.97 Å². The first-order chi connectivity index (χ1) is 3.15. The largest absolute Gasteiger partial charge is 1.00 e. The second-order valence-electron chi connectivity index (χ2n) is 0.583. The Morgan fingerprint density at radius 3 is 1.88 bits per heavy atom. The third-order valence-corrected chi connectivity index (χ3v) is 0. The Morgan fingerprint density at radius 1 is 1.88 bits per heavy atom. The molecule has 0 aliphatic carbocycles. The van der Waals surface area contributed by atoms with Crippen LogP contribution in [0.25, 0.3) is 0 Å². The van der Waals surface area contributed by atoms with E-state index in [2.05, 4.69) is 12.6 Å². The summed E-state index contributed by atoms with van der Waals surface area (Å²) in [5.74, 6) is -1.08. The maximum Gasteiger partial charge on any atom is 1.00 e. The molecule has 0 saturated heterocycles. The van der Waals surface area contributed by atoms with E-state index in [9.17, 15) is 0 Å². The predicted molar refractivity (Wildman–Crippen MR) is 23.7 cm³/mol. The van der Waals surface area contributed by atoms with E-state index in [0.717, 1.165) is 6.92 Å². The summed E-state index contributed by atoms with van der Waals surface area (Å²) < 4.78 is 0. The number of hydrogen-bond donors (Lipinski definition) is 0. The molecular weight excluding hydrogens is 137 g/mol. The Balaban J connectivity index is -0.0000000575. The predicted octanol–water partition coefficient (Wildman–Crippen LogP) is -4.23. The minimum atomic E-state index is -1.08. The zero-order chi connectivity index (χ0) is 6.28. The summed E-state index contributed by atoms with van der Waals surface area (Å²) in [6.07, 6.45) is 0. The molecule has 0 N–H and O–H groups in total. The number of thiocyanates is 1. The van der Waals surface area contributed by atoms with Crippen molar-refractivity contribution in [3.05, 3.63) is 0 Å². The number of carboxylic acid groups (broad SMARTS) is 1. The van der Waals surface area contributed by atoms with Crippen LogP contribution in [0.5, 0.6) is 0 Å². The van der Waals surface area contributed by atoms with Crippen molar-refractivity contribution in [2.75, 3.05) is 0 Å². The van der Waals surface area contributed by atoms with Gasteiger partial charge in [0.15, 0.2) is 0 Å². The molecule has 0 radical (unpaired) electrons. The van der Waals surface area contributed by atoms with Crippen molar-refractivity contribution >= 4 is 18.6 Å². The number of nitriles is 1. The summed E-state index contributed by atoms with van der Waals surface area (Å²) >= 11 is 3.70. The number of rotatable bonds is 0. The Kier molecular flexibility index (Phi) is 30.8. The molecule has 0 aliphatic heterocycles. The van der Waals surface area contributed by atoms with Crippen molar-refractivity contribution in [1.82, 2.24) is 0 Å². The van der Waals surface area contributed by atoms with Crippen molar-refractivity contribution < 1.29 is 39.5 Å². The van der Waals surface area contributed by atoms with Crippen molar-refractivity contribution in [3.8, 4) is 5.40 Å². The molecule has 8 heavy (non-hydrogen) atoms. The number of aliphatic carboxylic acids is 1. The van der Waals surface area contributed by atoms with Gasteiger partial charge in [-0.2, -0.15) is 0 Å². The molecule has 0 aromatic heterocycles. The van der Waals surface area contributed by atoms with Gasteiger partial charge >= 0.3 is 29.6 Å². The molecule has 40 valence electrons. The topological polar surface area (TPSA) is 63.9 Å². The third-order valence-electron chi connectivity index (χ3n) is 0. The number of carbonyl (C=O) groups excluding carboxylic acids is 1. The first-order valence-corrected chi connectivity index (χ1v) is 1.74. The van der Waals surface area contributed by atoms with Crippen molar-refractivity contribution in [2.45, 2.75) is 6.92 Å².